The van der Waals surface area contributed by atoms with Crippen LogP contribution in [0.25, 0.3) is 0 Å². The van der Waals surface area contributed by atoms with E-state index in [0.717, 1.165) is 31.6 Å². The molecule has 180 valence electrons. The second-order valence-corrected chi connectivity index (χ2v) is 10.2. The molecule has 1 aliphatic rings. The molecular formula is C23H27N5O5S. The summed E-state index contributed by atoms with van der Waals surface area (Å²) in [4.78, 5) is 23.1. The van der Waals surface area contributed by atoms with Crippen molar-refractivity contribution in [3.63, 3.8) is 0 Å². The van der Waals surface area contributed by atoms with Crippen LogP contribution in [-0.4, -0.2) is 55.7 Å². The lowest BCUT2D eigenvalue weighted by Gasteiger charge is -2.33. The molecule has 1 N–H and O–H groups in total. The molecule has 0 aliphatic carbocycles. The Hall–Kier alpha value is -3.47. The Bertz CT molecular complexity index is 1240. The predicted octanol–water partition coefficient (Wildman–Crippen LogP) is 2.46. The van der Waals surface area contributed by atoms with Crippen LogP contribution < -0.4 is 15.0 Å². The number of aromatic nitrogens is 3. The number of hydrogen-bond donors (Lipinski definition) is 1. The monoisotopic (exact) mass is 485 g/mol. The number of nitrogens with zero attached hydrogens (tertiary/aromatic N) is 4. The largest absolute Gasteiger partial charge is 0.497 e. The highest BCUT2D eigenvalue weighted by atomic mass is 32.2. The van der Waals surface area contributed by atoms with Gasteiger partial charge in [0, 0.05) is 37.2 Å². The Morgan fingerprint density at radius 1 is 1.18 bits per heavy atom. The van der Waals surface area contributed by atoms with E-state index in [1.54, 1.807) is 38.4 Å². The van der Waals surface area contributed by atoms with Crippen molar-refractivity contribution in [2.24, 2.45) is 0 Å². The lowest BCUT2D eigenvalue weighted by atomic mass is 10.0. The van der Waals surface area contributed by atoms with Crippen LogP contribution in [0, 0.1) is 13.8 Å². The van der Waals surface area contributed by atoms with Gasteiger partial charge in [0.25, 0.3) is 0 Å². The first-order chi connectivity index (χ1) is 16.3. The first-order valence-electron chi connectivity index (χ1n) is 10.9. The third kappa shape index (κ3) is 5.19. The molecule has 11 heteroatoms. The molecule has 10 nitrogen and oxygen atoms in total. The summed E-state index contributed by atoms with van der Waals surface area (Å²) in [6, 6.07) is 7.21. The molecule has 1 saturated heterocycles. The predicted molar refractivity (Wildman–Crippen MR) is 125 cm³/mol. The number of carbonyl (C=O) groups excluding carboxylic acids is 1. The van der Waals surface area contributed by atoms with E-state index in [0.29, 0.717) is 16.9 Å². The Balaban J connectivity index is 1.37. The van der Waals surface area contributed by atoms with Crippen LogP contribution in [0.3, 0.4) is 0 Å². The number of piperidine rings is 1. The van der Waals surface area contributed by atoms with Crippen molar-refractivity contribution in [1.29, 1.82) is 0 Å². The average Bonchev–Trinajstić information content (AvgIpc) is 3.27. The fraction of sp³-hybridized carbons (Fsp3) is 0.391. The van der Waals surface area contributed by atoms with Crippen molar-refractivity contribution in [3.8, 4) is 5.75 Å². The Kier molecular flexibility index (Phi) is 6.82. The molecule has 3 heterocycles. The van der Waals surface area contributed by atoms with E-state index in [9.17, 15) is 13.2 Å². The number of rotatable bonds is 7. The summed E-state index contributed by atoms with van der Waals surface area (Å²) in [6.45, 7) is 5.00. The Morgan fingerprint density at radius 2 is 1.82 bits per heavy atom. The third-order valence-corrected chi connectivity index (χ3v) is 7.72. The molecule has 1 amide bonds. The molecule has 2 aromatic heterocycles. The minimum atomic E-state index is -3.75. The van der Waals surface area contributed by atoms with Crippen LogP contribution >= 0.6 is 0 Å². The number of methoxy groups -OCH3 is 1. The van der Waals surface area contributed by atoms with Crippen molar-refractivity contribution in [2.75, 3.05) is 25.1 Å². The van der Waals surface area contributed by atoms with Gasteiger partial charge in [0.05, 0.1) is 12.0 Å². The number of hydrogen-bond acceptors (Lipinski definition) is 9. The van der Waals surface area contributed by atoms with Crippen LogP contribution in [0.4, 0.5) is 5.69 Å². The molecule has 0 radical (unpaired) electrons. The van der Waals surface area contributed by atoms with E-state index in [2.05, 4.69) is 25.3 Å². The number of pyridine rings is 1. The maximum absolute atomic E-state index is 13.0. The van der Waals surface area contributed by atoms with Gasteiger partial charge in [-0.25, -0.2) is 8.42 Å². The summed E-state index contributed by atoms with van der Waals surface area (Å²) >= 11 is 0. The molecule has 3 aromatic rings. The van der Waals surface area contributed by atoms with Crippen molar-refractivity contribution in [3.05, 3.63) is 59.5 Å². The number of aryl methyl sites for hydroxylation is 2. The zero-order valence-electron chi connectivity index (χ0n) is 19.3. The highest BCUT2D eigenvalue weighted by Gasteiger charge is 2.27. The van der Waals surface area contributed by atoms with Crippen LogP contribution in [0.2, 0.25) is 0 Å². The van der Waals surface area contributed by atoms with E-state index in [1.165, 1.54) is 7.11 Å². The highest BCUT2D eigenvalue weighted by molar-refractivity contribution is 7.90. The van der Waals surface area contributed by atoms with Crippen LogP contribution in [0.1, 0.15) is 40.5 Å². The molecule has 34 heavy (non-hydrogen) atoms. The lowest BCUT2D eigenvalue weighted by Crippen LogP contribution is -2.44. The standard InChI is InChI=1S/C23H27N5O5S/c1-15-12-19(32-3)13-16(2)21(15)34(30,31)14-20-26-23(33-27-20)22(29)25-17-6-10-28(11-7-17)18-4-8-24-9-5-18/h4-5,8-9,12-13,17H,6-7,10-11,14H2,1-3H3,(H,25,29). The third-order valence-electron chi connectivity index (χ3n) is 5.82. The van der Waals surface area contributed by atoms with E-state index in [4.69, 9.17) is 9.26 Å². The molecule has 0 saturated carbocycles. The van der Waals surface area contributed by atoms with Gasteiger partial charge in [0.1, 0.15) is 11.5 Å². The van der Waals surface area contributed by atoms with E-state index in [1.807, 2.05) is 12.1 Å². The van der Waals surface area contributed by atoms with Gasteiger partial charge < -0.3 is 19.5 Å². The van der Waals surface area contributed by atoms with Crippen molar-refractivity contribution < 1.29 is 22.5 Å². The Labute approximate surface area is 198 Å². The quantitative estimate of drug-likeness (QED) is 0.537. The zero-order valence-corrected chi connectivity index (χ0v) is 20.1. The van der Waals surface area contributed by atoms with Crippen LogP contribution in [0.5, 0.6) is 5.75 Å². The van der Waals surface area contributed by atoms with Crippen LogP contribution in [0.15, 0.2) is 46.1 Å². The van der Waals surface area contributed by atoms with E-state index >= 15 is 0 Å². The highest BCUT2D eigenvalue weighted by Crippen LogP contribution is 2.28. The van der Waals surface area contributed by atoms with Crippen molar-refractivity contribution in [1.82, 2.24) is 20.4 Å². The van der Waals surface area contributed by atoms with Gasteiger partial charge in [-0.2, -0.15) is 4.98 Å². The number of ether oxygens (including phenoxy) is 1. The van der Waals surface area contributed by atoms with Gasteiger partial charge in [-0.1, -0.05) is 5.16 Å². The number of sulfone groups is 1. The second kappa shape index (κ2) is 9.80. The summed E-state index contributed by atoms with van der Waals surface area (Å²) in [5.74, 6) is -0.700. The smallest absolute Gasteiger partial charge is 0.315 e. The molecule has 4 rings (SSSR count). The first kappa shape index (κ1) is 23.7. The molecule has 0 unspecified atom stereocenters. The average molecular weight is 486 g/mol. The Morgan fingerprint density at radius 3 is 2.44 bits per heavy atom. The van der Waals surface area contributed by atoms with Gasteiger partial charge in [-0.3, -0.25) is 9.78 Å². The van der Waals surface area contributed by atoms with Gasteiger partial charge in [-0.15, -0.1) is 0 Å². The van der Waals surface area contributed by atoms with Gasteiger partial charge in [0.15, 0.2) is 15.7 Å². The second-order valence-electron chi connectivity index (χ2n) is 8.31. The normalized spacial score (nSPS) is 14.7. The summed E-state index contributed by atoms with van der Waals surface area (Å²) in [5, 5.41) is 6.63. The zero-order chi connectivity index (χ0) is 24.3. The molecule has 1 fully saturated rings. The molecule has 1 aromatic carbocycles. The van der Waals surface area contributed by atoms with Crippen LogP contribution in [-0.2, 0) is 15.6 Å². The van der Waals surface area contributed by atoms with Crippen molar-refractivity contribution >= 4 is 21.4 Å². The van der Waals surface area contributed by atoms with Gasteiger partial charge in [-0.05, 0) is 62.1 Å². The minimum Gasteiger partial charge on any atom is -0.497 e. The molecule has 0 bridgehead atoms. The number of amides is 1. The van der Waals surface area contributed by atoms with E-state index < -0.39 is 21.5 Å². The minimum absolute atomic E-state index is 0.0331. The molecular weight excluding hydrogens is 458 g/mol. The first-order valence-corrected chi connectivity index (χ1v) is 12.6. The SMILES string of the molecule is COc1cc(C)c(S(=O)(=O)Cc2noc(C(=O)NC3CCN(c4ccncc4)CC3)n2)c(C)c1. The van der Waals surface area contributed by atoms with Crippen molar-refractivity contribution in [2.45, 2.75) is 43.4 Å². The number of carbonyl (C=O) groups is 1. The van der Waals surface area contributed by atoms with E-state index in [-0.39, 0.29) is 22.7 Å². The summed E-state index contributed by atoms with van der Waals surface area (Å²) in [7, 11) is -2.23. The van der Waals surface area contributed by atoms with Gasteiger partial charge in [0.2, 0.25) is 0 Å². The van der Waals surface area contributed by atoms with Gasteiger partial charge >= 0.3 is 11.8 Å². The fourth-order valence-corrected chi connectivity index (χ4v) is 5.95. The maximum atomic E-state index is 13.0. The topological polar surface area (TPSA) is 128 Å². The molecule has 0 atom stereocenters. The summed E-state index contributed by atoms with van der Waals surface area (Å²) in [6.07, 6.45) is 5.04. The molecule has 1 aliphatic heterocycles. The lowest BCUT2D eigenvalue weighted by molar-refractivity contribution is 0.0886. The number of benzene rings is 1. The summed E-state index contributed by atoms with van der Waals surface area (Å²) in [5.41, 5.74) is 2.23. The number of anilines is 1. The fourth-order valence-electron chi connectivity index (χ4n) is 4.25. The summed E-state index contributed by atoms with van der Waals surface area (Å²) < 4.78 is 36.3. The maximum Gasteiger partial charge on any atom is 0.315 e. The molecule has 0 spiro atoms. The number of nitrogens with one attached hydrogen (secondary N) is 1.